The van der Waals surface area contributed by atoms with Crippen molar-refractivity contribution in [2.24, 2.45) is 0 Å². The molecule has 1 unspecified atom stereocenters. The van der Waals surface area contributed by atoms with Gasteiger partial charge in [0.05, 0.1) is 23.0 Å². The number of thiophene rings is 1. The molecule has 0 aliphatic rings. The maximum absolute atomic E-state index is 12.7. The first-order valence-corrected chi connectivity index (χ1v) is 10.5. The van der Waals surface area contributed by atoms with E-state index >= 15 is 0 Å². The molecule has 0 aliphatic heterocycles. The number of nitrogens with one attached hydrogen (secondary N) is 1. The summed E-state index contributed by atoms with van der Waals surface area (Å²) in [6.07, 6.45) is 2.30. The van der Waals surface area contributed by atoms with E-state index in [-0.39, 0.29) is 18.4 Å². The first-order chi connectivity index (χ1) is 14.2. The van der Waals surface area contributed by atoms with Crippen LogP contribution < -0.4 is 5.32 Å². The van der Waals surface area contributed by atoms with E-state index < -0.39 is 0 Å². The van der Waals surface area contributed by atoms with Crippen LogP contribution >= 0.6 is 22.9 Å². The van der Waals surface area contributed by atoms with Crippen molar-refractivity contribution >= 4 is 28.8 Å². The lowest BCUT2D eigenvalue weighted by atomic mass is 9.98. The average Bonchev–Trinajstić information content (AvgIpc) is 3.42. The van der Waals surface area contributed by atoms with Crippen LogP contribution in [0.2, 0.25) is 5.02 Å². The summed E-state index contributed by atoms with van der Waals surface area (Å²) in [5.41, 5.74) is 2.63. The van der Waals surface area contributed by atoms with E-state index in [1.165, 1.54) is 0 Å². The molecule has 0 radical (unpaired) electrons. The molecule has 1 atom stereocenters. The standard InChI is InChI=1S/C23H19ClN2O2S/c24-19-10-5-4-9-17(19)13-20(16-7-2-1-3-8-16)26-22(27)14-18-15-28-23(25-18)21-11-6-12-29-21/h1-12,15,20H,13-14H2,(H,26,27). The van der Waals surface area contributed by atoms with Crippen molar-refractivity contribution in [1.82, 2.24) is 10.3 Å². The number of halogens is 1. The van der Waals surface area contributed by atoms with Gasteiger partial charge in [0, 0.05) is 5.02 Å². The Bertz CT molecular complexity index is 1080. The Morgan fingerprint density at radius 1 is 1.07 bits per heavy atom. The highest BCUT2D eigenvalue weighted by atomic mass is 35.5. The Kier molecular flexibility index (Phi) is 6.08. The molecule has 2 aromatic heterocycles. The normalized spacial score (nSPS) is 11.9. The minimum Gasteiger partial charge on any atom is -0.444 e. The Labute approximate surface area is 178 Å². The van der Waals surface area contributed by atoms with Crippen molar-refractivity contribution in [1.29, 1.82) is 0 Å². The van der Waals surface area contributed by atoms with Gasteiger partial charge in [0.25, 0.3) is 0 Å². The summed E-state index contributed by atoms with van der Waals surface area (Å²) in [6.45, 7) is 0. The zero-order chi connectivity index (χ0) is 20.1. The Balaban J connectivity index is 1.48. The molecule has 4 nitrogen and oxygen atoms in total. The van der Waals surface area contributed by atoms with E-state index in [4.69, 9.17) is 16.0 Å². The van der Waals surface area contributed by atoms with Crippen LogP contribution in [-0.4, -0.2) is 10.9 Å². The highest BCUT2D eigenvalue weighted by molar-refractivity contribution is 7.13. The van der Waals surface area contributed by atoms with Crippen LogP contribution in [0, 0.1) is 0 Å². The molecule has 1 N–H and O–H groups in total. The summed E-state index contributed by atoms with van der Waals surface area (Å²) in [7, 11) is 0. The van der Waals surface area contributed by atoms with E-state index in [1.54, 1.807) is 17.6 Å². The molecule has 4 aromatic rings. The molecule has 2 heterocycles. The Morgan fingerprint density at radius 3 is 2.62 bits per heavy atom. The number of amides is 1. The fraction of sp³-hybridized carbons (Fsp3) is 0.130. The van der Waals surface area contributed by atoms with Crippen LogP contribution in [0.1, 0.15) is 22.9 Å². The van der Waals surface area contributed by atoms with Gasteiger partial charge < -0.3 is 9.73 Å². The fourth-order valence-electron chi connectivity index (χ4n) is 3.13. The van der Waals surface area contributed by atoms with E-state index in [0.717, 1.165) is 16.0 Å². The topological polar surface area (TPSA) is 55.1 Å². The number of benzene rings is 2. The number of carbonyl (C=O) groups excluding carboxylic acids is 1. The van der Waals surface area contributed by atoms with Crippen LogP contribution in [0.5, 0.6) is 0 Å². The zero-order valence-electron chi connectivity index (χ0n) is 15.5. The number of aromatic nitrogens is 1. The molecule has 0 spiro atoms. The van der Waals surface area contributed by atoms with Gasteiger partial charge in [-0.2, -0.15) is 0 Å². The third kappa shape index (κ3) is 4.94. The molecule has 146 valence electrons. The lowest BCUT2D eigenvalue weighted by Crippen LogP contribution is -2.31. The van der Waals surface area contributed by atoms with Gasteiger partial charge in [-0.1, -0.05) is 66.2 Å². The summed E-state index contributed by atoms with van der Waals surface area (Å²) < 4.78 is 5.51. The summed E-state index contributed by atoms with van der Waals surface area (Å²) in [4.78, 5) is 18.1. The number of hydrogen-bond acceptors (Lipinski definition) is 4. The van der Waals surface area contributed by atoms with Crippen LogP contribution in [0.3, 0.4) is 0 Å². The van der Waals surface area contributed by atoms with Crippen molar-refractivity contribution < 1.29 is 9.21 Å². The molecule has 6 heteroatoms. The van der Waals surface area contributed by atoms with Crippen LogP contribution in [-0.2, 0) is 17.6 Å². The highest BCUT2D eigenvalue weighted by Gasteiger charge is 2.18. The number of oxazole rings is 1. The first kappa shape index (κ1) is 19.4. The third-order valence-corrected chi connectivity index (χ3v) is 5.77. The second kappa shape index (κ2) is 9.07. The maximum Gasteiger partial charge on any atom is 0.236 e. The second-order valence-corrected chi connectivity index (χ2v) is 7.98. The minimum atomic E-state index is -0.188. The van der Waals surface area contributed by atoms with Crippen molar-refractivity contribution in [3.05, 3.63) is 100 Å². The van der Waals surface area contributed by atoms with Gasteiger partial charge in [0.15, 0.2) is 0 Å². The monoisotopic (exact) mass is 422 g/mol. The van der Waals surface area contributed by atoms with Gasteiger partial charge in [-0.25, -0.2) is 4.98 Å². The fourth-order valence-corrected chi connectivity index (χ4v) is 4.00. The molecule has 0 aliphatic carbocycles. The van der Waals surface area contributed by atoms with Gasteiger partial charge >= 0.3 is 0 Å². The van der Waals surface area contributed by atoms with Crippen LogP contribution in [0.15, 0.2) is 82.8 Å². The molecular weight excluding hydrogens is 404 g/mol. The third-order valence-electron chi connectivity index (χ3n) is 4.54. The summed E-state index contributed by atoms with van der Waals surface area (Å²) in [6, 6.07) is 21.3. The largest absolute Gasteiger partial charge is 0.444 e. The molecule has 1 amide bonds. The van der Waals surface area contributed by atoms with Crippen molar-refractivity contribution in [3.63, 3.8) is 0 Å². The lowest BCUT2D eigenvalue weighted by molar-refractivity contribution is -0.121. The quantitative estimate of drug-likeness (QED) is 0.415. The molecule has 4 rings (SSSR count). The van der Waals surface area contributed by atoms with Gasteiger partial charge in [-0.15, -0.1) is 11.3 Å². The van der Waals surface area contributed by atoms with E-state index in [9.17, 15) is 4.79 Å². The van der Waals surface area contributed by atoms with E-state index in [0.29, 0.717) is 23.0 Å². The predicted octanol–water partition coefficient (Wildman–Crippen LogP) is 5.70. The van der Waals surface area contributed by atoms with E-state index in [1.807, 2.05) is 72.1 Å². The van der Waals surface area contributed by atoms with Gasteiger partial charge in [-0.05, 0) is 35.1 Å². The van der Waals surface area contributed by atoms with Crippen molar-refractivity contribution in [2.75, 3.05) is 0 Å². The van der Waals surface area contributed by atoms with Crippen molar-refractivity contribution in [3.8, 4) is 10.8 Å². The molecule has 0 saturated heterocycles. The Morgan fingerprint density at radius 2 is 1.86 bits per heavy atom. The first-order valence-electron chi connectivity index (χ1n) is 9.25. The summed E-state index contributed by atoms with van der Waals surface area (Å²) in [5.74, 6) is 0.426. The summed E-state index contributed by atoms with van der Waals surface area (Å²) in [5, 5.41) is 5.78. The number of nitrogens with zero attached hydrogens (tertiary/aromatic N) is 1. The molecule has 0 bridgehead atoms. The predicted molar refractivity (Wildman–Crippen MR) is 116 cm³/mol. The average molecular weight is 423 g/mol. The second-order valence-electron chi connectivity index (χ2n) is 6.62. The van der Waals surface area contributed by atoms with Gasteiger partial charge in [0.1, 0.15) is 6.26 Å². The SMILES string of the molecule is O=C(Cc1coc(-c2cccs2)n1)NC(Cc1ccccc1Cl)c1ccccc1. The van der Waals surface area contributed by atoms with Crippen LogP contribution in [0.25, 0.3) is 10.8 Å². The molecule has 29 heavy (non-hydrogen) atoms. The highest BCUT2D eigenvalue weighted by Crippen LogP contribution is 2.25. The van der Waals surface area contributed by atoms with Gasteiger partial charge in [-0.3, -0.25) is 4.79 Å². The number of carbonyl (C=O) groups is 1. The summed E-state index contributed by atoms with van der Waals surface area (Å²) >= 11 is 7.89. The number of hydrogen-bond donors (Lipinski definition) is 1. The van der Waals surface area contributed by atoms with E-state index in [2.05, 4.69) is 10.3 Å². The Hall–Kier alpha value is -2.89. The lowest BCUT2D eigenvalue weighted by Gasteiger charge is -2.20. The van der Waals surface area contributed by atoms with Crippen LogP contribution in [0.4, 0.5) is 0 Å². The molecular formula is C23H19ClN2O2S. The number of rotatable bonds is 7. The van der Waals surface area contributed by atoms with Gasteiger partial charge in [0.2, 0.25) is 11.8 Å². The van der Waals surface area contributed by atoms with Crippen molar-refractivity contribution in [2.45, 2.75) is 18.9 Å². The maximum atomic E-state index is 12.7. The molecule has 0 saturated carbocycles. The smallest absolute Gasteiger partial charge is 0.236 e. The molecule has 0 fully saturated rings. The minimum absolute atomic E-state index is 0.114. The molecule has 2 aromatic carbocycles. The zero-order valence-corrected chi connectivity index (χ0v) is 17.1.